The highest BCUT2D eigenvalue weighted by molar-refractivity contribution is 5.39. The molecule has 1 unspecified atom stereocenters. The van der Waals surface area contributed by atoms with Crippen LogP contribution < -0.4 is 10.5 Å². The third kappa shape index (κ3) is 7.96. The van der Waals surface area contributed by atoms with Gasteiger partial charge in [0.2, 0.25) is 0 Å². The fourth-order valence-corrected chi connectivity index (χ4v) is 2.04. The zero-order valence-corrected chi connectivity index (χ0v) is 13.7. The van der Waals surface area contributed by atoms with Crippen molar-refractivity contribution in [2.75, 3.05) is 13.2 Å². The molecule has 0 radical (unpaired) electrons. The van der Waals surface area contributed by atoms with E-state index in [1.54, 1.807) is 6.92 Å². The number of ether oxygens (including phenoxy) is 1. The Labute approximate surface area is 141 Å². The summed E-state index contributed by atoms with van der Waals surface area (Å²) in [6.07, 6.45) is -10.1. The first-order chi connectivity index (χ1) is 11.3. The maximum Gasteiger partial charge on any atom is 0.419 e. The number of hydrogen-bond acceptors (Lipinski definition) is 3. The monoisotopic (exact) mass is 373 g/mol. The minimum atomic E-state index is -4.70. The van der Waals surface area contributed by atoms with Crippen LogP contribution in [0.25, 0.3) is 0 Å². The summed E-state index contributed by atoms with van der Waals surface area (Å²) in [5.74, 6) is -0.504. The number of nitrogens with two attached hydrogens (primary N) is 1. The molecule has 9 heteroatoms. The molecule has 0 aliphatic rings. The van der Waals surface area contributed by atoms with E-state index in [0.29, 0.717) is 5.56 Å². The summed E-state index contributed by atoms with van der Waals surface area (Å²) >= 11 is 0. The molecule has 3 nitrogen and oxygen atoms in total. The van der Waals surface area contributed by atoms with E-state index in [4.69, 9.17) is 15.6 Å². The minimum absolute atomic E-state index is 0.213. The minimum Gasteiger partial charge on any atom is -0.493 e. The van der Waals surface area contributed by atoms with E-state index in [9.17, 15) is 26.3 Å². The average Bonchev–Trinajstić information content (AvgIpc) is 2.48. The molecule has 0 aliphatic carbocycles. The lowest BCUT2D eigenvalue weighted by Gasteiger charge is -2.22. The highest BCUT2D eigenvalue weighted by Gasteiger charge is 2.35. The van der Waals surface area contributed by atoms with Crippen molar-refractivity contribution < 1.29 is 36.2 Å². The van der Waals surface area contributed by atoms with E-state index in [2.05, 4.69) is 0 Å². The number of alkyl halides is 6. The SMILES string of the molecule is CC(N)(CO)CCc1ccc(OCCCC(F)(F)F)c(C(F)(F)F)c1. The Morgan fingerprint density at radius 2 is 1.72 bits per heavy atom. The number of benzene rings is 1. The molecule has 0 heterocycles. The largest absolute Gasteiger partial charge is 0.493 e. The normalized spacial score (nSPS) is 15.1. The topological polar surface area (TPSA) is 55.5 Å². The molecule has 3 N–H and O–H groups in total. The summed E-state index contributed by atoms with van der Waals surface area (Å²) in [7, 11) is 0. The summed E-state index contributed by atoms with van der Waals surface area (Å²) in [5.41, 5.74) is 4.14. The Bertz CT molecular complexity index is 555. The van der Waals surface area contributed by atoms with Crippen molar-refractivity contribution in [3.8, 4) is 5.75 Å². The van der Waals surface area contributed by atoms with Gasteiger partial charge in [-0.2, -0.15) is 26.3 Å². The first-order valence-electron chi connectivity index (χ1n) is 7.63. The van der Waals surface area contributed by atoms with Crippen molar-refractivity contribution in [3.05, 3.63) is 29.3 Å². The van der Waals surface area contributed by atoms with E-state index < -0.39 is 48.7 Å². The van der Waals surface area contributed by atoms with Gasteiger partial charge in [-0.25, -0.2) is 0 Å². The van der Waals surface area contributed by atoms with Crippen LogP contribution in [0.3, 0.4) is 0 Å². The van der Waals surface area contributed by atoms with E-state index in [1.165, 1.54) is 6.07 Å². The van der Waals surface area contributed by atoms with E-state index in [-0.39, 0.29) is 19.4 Å². The first kappa shape index (κ1) is 21.6. The van der Waals surface area contributed by atoms with Gasteiger partial charge in [-0.3, -0.25) is 0 Å². The first-order valence-corrected chi connectivity index (χ1v) is 7.63. The highest BCUT2D eigenvalue weighted by atomic mass is 19.4. The van der Waals surface area contributed by atoms with Gasteiger partial charge in [0.1, 0.15) is 5.75 Å². The summed E-state index contributed by atoms with van der Waals surface area (Å²) in [5, 5.41) is 9.07. The third-order valence-corrected chi connectivity index (χ3v) is 3.56. The van der Waals surface area contributed by atoms with Crippen molar-refractivity contribution in [2.24, 2.45) is 5.73 Å². The lowest BCUT2D eigenvalue weighted by atomic mass is 9.94. The lowest BCUT2D eigenvalue weighted by molar-refractivity contribution is -0.141. The highest BCUT2D eigenvalue weighted by Crippen LogP contribution is 2.37. The van der Waals surface area contributed by atoms with Crippen LogP contribution in [-0.4, -0.2) is 30.0 Å². The van der Waals surface area contributed by atoms with Crippen LogP contribution >= 0.6 is 0 Å². The molecular weight excluding hydrogens is 352 g/mol. The van der Waals surface area contributed by atoms with Crippen LogP contribution in [0.2, 0.25) is 0 Å². The molecule has 1 rings (SSSR count). The van der Waals surface area contributed by atoms with Crippen molar-refractivity contribution >= 4 is 0 Å². The Kier molecular flexibility index (Phi) is 7.13. The van der Waals surface area contributed by atoms with Crippen molar-refractivity contribution in [3.63, 3.8) is 0 Å². The van der Waals surface area contributed by atoms with Crippen LogP contribution in [0.1, 0.15) is 37.3 Å². The van der Waals surface area contributed by atoms with Gasteiger partial charge >= 0.3 is 12.4 Å². The molecule has 1 atom stereocenters. The van der Waals surface area contributed by atoms with Crippen LogP contribution in [0.5, 0.6) is 5.75 Å². The molecule has 144 valence electrons. The molecule has 0 bridgehead atoms. The number of aliphatic hydroxyl groups excluding tert-OH is 1. The Hall–Kier alpha value is -1.48. The predicted molar refractivity (Wildman–Crippen MR) is 80.2 cm³/mol. The van der Waals surface area contributed by atoms with Crippen LogP contribution in [-0.2, 0) is 12.6 Å². The van der Waals surface area contributed by atoms with Gasteiger partial charge in [0.15, 0.2) is 0 Å². The summed E-state index contributed by atoms with van der Waals surface area (Å²) in [6.45, 7) is 0.808. The Balaban J connectivity index is 2.81. The summed E-state index contributed by atoms with van der Waals surface area (Å²) < 4.78 is 80.5. The van der Waals surface area contributed by atoms with Crippen molar-refractivity contribution in [2.45, 2.75) is 50.5 Å². The standard InChI is InChI=1S/C16H21F6NO2/c1-14(23,10-24)7-5-11-3-4-13(12(9-11)16(20,21)22)25-8-2-6-15(17,18)19/h3-4,9,24H,2,5-8,10,23H2,1H3. The molecule has 0 saturated heterocycles. The van der Waals surface area contributed by atoms with Gasteiger partial charge in [0.05, 0.1) is 18.8 Å². The van der Waals surface area contributed by atoms with Gasteiger partial charge in [0.25, 0.3) is 0 Å². The molecule has 25 heavy (non-hydrogen) atoms. The average molecular weight is 373 g/mol. The van der Waals surface area contributed by atoms with Crippen molar-refractivity contribution in [1.29, 1.82) is 0 Å². The van der Waals surface area contributed by atoms with Gasteiger partial charge in [-0.1, -0.05) is 6.07 Å². The number of aryl methyl sites for hydroxylation is 1. The molecule has 0 aromatic heterocycles. The predicted octanol–water partition coefficient (Wildman–Crippen LogP) is 4.07. The second kappa shape index (κ2) is 8.27. The van der Waals surface area contributed by atoms with Crippen molar-refractivity contribution in [1.82, 2.24) is 0 Å². The van der Waals surface area contributed by atoms with E-state index in [1.807, 2.05) is 0 Å². The van der Waals surface area contributed by atoms with Crippen LogP contribution in [0, 0.1) is 0 Å². The maximum atomic E-state index is 13.1. The molecule has 0 amide bonds. The maximum absolute atomic E-state index is 13.1. The van der Waals surface area contributed by atoms with E-state index >= 15 is 0 Å². The van der Waals surface area contributed by atoms with Crippen LogP contribution in [0.15, 0.2) is 18.2 Å². The molecule has 0 spiro atoms. The second-order valence-corrected chi connectivity index (χ2v) is 6.21. The number of hydrogen-bond donors (Lipinski definition) is 2. The number of rotatable bonds is 8. The quantitative estimate of drug-likeness (QED) is 0.534. The zero-order valence-electron chi connectivity index (χ0n) is 13.7. The zero-order chi connectivity index (χ0) is 19.3. The molecule has 1 aromatic rings. The Morgan fingerprint density at radius 1 is 1.08 bits per heavy atom. The van der Waals surface area contributed by atoms with E-state index in [0.717, 1.165) is 12.1 Å². The van der Waals surface area contributed by atoms with Gasteiger partial charge in [-0.05, 0) is 43.9 Å². The third-order valence-electron chi connectivity index (χ3n) is 3.56. The molecular formula is C16H21F6NO2. The van der Waals surface area contributed by atoms with Gasteiger partial charge in [0, 0.05) is 12.0 Å². The molecule has 0 aliphatic heterocycles. The molecule has 0 fully saturated rings. The van der Waals surface area contributed by atoms with Crippen LogP contribution in [0.4, 0.5) is 26.3 Å². The molecule has 0 saturated carbocycles. The fourth-order valence-electron chi connectivity index (χ4n) is 2.04. The second-order valence-electron chi connectivity index (χ2n) is 6.21. The fraction of sp³-hybridized carbons (Fsp3) is 0.625. The summed E-state index contributed by atoms with van der Waals surface area (Å²) in [6, 6.07) is 3.40. The number of aliphatic hydroxyl groups is 1. The Morgan fingerprint density at radius 3 is 2.24 bits per heavy atom. The smallest absolute Gasteiger partial charge is 0.419 e. The lowest BCUT2D eigenvalue weighted by Crippen LogP contribution is -2.40. The van der Waals surface area contributed by atoms with Gasteiger partial charge in [-0.15, -0.1) is 0 Å². The molecule has 1 aromatic carbocycles. The number of halogens is 6. The van der Waals surface area contributed by atoms with Gasteiger partial charge < -0.3 is 15.6 Å². The summed E-state index contributed by atoms with van der Waals surface area (Å²) in [4.78, 5) is 0.